The van der Waals surface area contributed by atoms with Gasteiger partial charge in [0, 0.05) is 25.1 Å². The van der Waals surface area contributed by atoms with Gasteiger partial charge in [-0.05, 0) is 24.6 Å². The van der Waals surface area contributed by atoms with E-state index in [1.807, 2.05) is 13.0 Å². The Morgan fingerprint density at radius 2 is 1.89 bits per heavy atom. The molecule has 0 saturated heterocycles. The fourth-order valence-electron chi connectivity index (χ4n) is 1.81. The third-order valence-corrected chi connectivity index (χ3v) is 2.93. The topological polar surface area (TPSA) is 90.8 Å². The highest BCUT2D eigenvalue weighted by Gasteiger charge is 2.19. The molecule has 6 nitrogen and oxygen atoms in total. The van der Waals surface area contributed by atoms with E-state index in [9.17, 15) is 4.79 Å². The number of carbonyl (C=O) groups excluding carboxylic acids is 1. The number of hydrogen-bond acceptors (Lipinski definition) is 5. The third kappa shape index (κ3) is 3.59. The first kappa shape index (κ1) is 15.3. The second-order valence-electron chi connectivity index (χ2n) is 4.38. The molecule has 0 radical (unpaired) electrons. The van der Waals surface area contributed by atoms with Gasteiger partial charge in [0.25, 0.3) is 0 Å². The number of methoxy groups -OCH3 is 2. The quantitative estimate of drug-likeness (QED) is 0.466. The van der Waals surface area contributed by atoms with Crippen LogP contribution in [0.3, 0.4) is 0 Å². The van der Waals surface area contributed by atoms with Crippen molar-refractivity contribution >= 4 is 5.91 Å². The summed E-state index contributed by atoms with van der Waals surface area (Å²) in [5.74, 6) is 6.49. The van der Waals surface area contributed by atoms with Crippen molar-refractivity contribution in [1.29, 1.82) is 0 Å². The van der Waals surface area contributed by atoms with Crippen LogP contribution >= 0.6 is 0 Å². The van der Waals surface area contributed by atoms with Crippen LogP contribution in [0.4, 0.5) is 0 Å². The van der Waals surface area contributed by atoms with Gasteiger partial charge in [-0.2, -0.15) is 0 Å². The standard InChI is InChI=1S/C13H21N3O3/c1-8-5-12(19-4)9(6-11(8)18-3)10(14)7-13(17)16(2)15/h5-6,10H,7,14-15H2,1-4H3. The van der Waals surface area contributed by atoms with E-state index in [1.165, 1.54) is 7.05 Å². The summed E-state index contributed by atoms with van der Waals surface area (Å²) < 4.78 is 10.6. The lowest BCUT2D eigenvalue weighted by Crippen LogP contribution is -2.35. The Labute approximate surface area is 113 Å². The summed E-state index contributed by atoms with van der Waals surface area (Å²) in [6.45, 7) is 1.91. The molecular weight excluding hydrogens is 246 g/mol. The normalized spacial score (nSPS) is 11.9. The zero-order valence-corrected chi connectivity index (χ0v) is 11.8. The number of benzene rings is 1. The summed E-state index contributed by atoms with van der Waals surface area (Å²) in [7, 11) is 4.64. The molecule has 0 spiro atoms. The third-order valence-electron chi connectivity index (χ3n) is 2.93. The maximum atomic E-state index is 11.6. The lowest BCUT2D eigenvalue weighted by molar-refractivity contribution is -0.130. The van der Waals surface area contributed by atoms with Crippen LogP contribution in [-0.2, 0) is 4.79 Å². The Balaban J connectivity index is 3.07. The molecule has 0 aliphatic rings. The minimum atomic E-state index is -0.497. The van der Waals surface area contributed by atoms with Crippen LogP contribution in [0.5, 0.6) is 11.5 Å². The van der Waals surface area contributed by atoms with E-state index in [2.05, 4.69) is 0 Å². The van der Waals surface area contributed by atoms with Gasteiger partial charge in [-0.25, -0.2) is 5.84 Å². The van der Waals surface area contributed by atoms with Crippen LogP contribution in [0.1, 0.15) is 23.6 Å². The van der Waals surface area contributed by atoms with Crippen molar-refractivity contribution in [3.63, 3.8) is 0 Å². The van der Waals surface area contributed by atoms with Gasteiger partial charge in [0.2, 0.25) is 5.91 Å². The summed E-state index contributed by atoms with van der Waals surface area (Å²) in [6.07, 6.45) is 0.107. The largest absolute Gasteiger partial charge is 0.496 e. The van der Waals surface area contributed by atoms with Crippen LogP contribution < -0.4 is 21.1 Å². The number of nitrogens with two attached hydrogens (primary N) is 2. The molecule has 1 rings (SSSR count). The first-order valence-electron chi connectivity index (χ1n) is 5.90. The van der Waals surface area contributed by atoms with Crippen LogP contribution in [0.15, 0.2) is 12.1 Å². The number of nitrogens with zero attached hydrogens (tertiary/aromatic N) is 1. The molecule has 0 bridgehead atoms. The minimum Gasteiger partial charge on any atom is -0.496 e. The van der Waals surface area contributed by atoms with Gasteiger partial charge in [0.05, 0.1) is 14.2 Å². The minimum absolute atomic E-state index is 0.107. The lowest BCUT2D eigenvalue weighted by atomic mass is 10.0. The van der Waals surface area contributed by atoms with Gasteiger partial charge in [-0.15, -0.1) is 0 Å². The number of amides is 1. The van der Waals surface area contributed by atoms with Gasteiger partial charge in [-0.1, -0.05) is 0 Å². The van der Waals surface area contributed by atoms with E-state index in [1.54, 1.807) is 20.3 Å². The predicted octanol–water partition coefficient (Wildman–Crippen LogP) is 0.734. The maximum Gasteiger partial charge on any atom is 0.238 e. The molecule has 1 amide bonds. The number of carbonyl (C=O) groups is 1. The molecule has 1 aromatic carbocycles. The average molecular weight is 267 g/mol. The number of hydrogen-bond donors (Lipinski definition) is 2. The van der Waals surface area contributed by atoms with Crippen molar-refractivity contribution in [2.24, 2.45) is 11.6 Å². The number of aryl methyl sites for hydroxylation is 1. The molecule has 0 saturated carbocycles. The molecule has 1 aromatic rings. The molecule has 0 aliphatic carbocycles. The Bertz CT molecular complexity index is 461. The highest BCUT2D eigenvalue weighted by Crippen LogP contribution is 2.32. The maximum absolute atomic E-state index is 11.6. The van der Waals surface area contributed by atoms with E-state index in [0.29, 0.717) is 11.5 Å². The summed E-state index contributed by atoms with van der Waals surface area (Å²) in [6, 6.07) is 3.13. The van der Waals surface area contributed by atoms with E-state index in [0.717, 1.165) is 16.1 Å². The van der Waals surface area contributed by atoms with Crippen molar-refractivity contribution in [2.45, 2.75) is 19.4 Å². The molecule has 4 N–H and O–H groups in total. The molecular formula is C13H21N3O3. The van der Waals surface area contributed by atoms with Crippen molar-refractivity contribution in [3.8, 4) is 11.5 Å². The van der Waals surface area contributed by atoms with Crippen molar-refractivity contribution < 1.29 is 14.3 Å². The van der Waals surface area contributed by atoms with Crippen molar-refractivity contribution in [1.82, 2.24) is 5.01 Å². The number of ether oxygens (including phenoxy) is 2. The highest BCUT2D eigenvalue weighted by atomic mass is 16.5. The van der Waals surface area contributed by atoms with Crippen LogP contribution in [0.25, 0.3) is 0 Å². The fourth-order valence-corrected chi connectivity index (χ4v) is 1.81. The van der Waals surface area contributed by atoms with Gasteiger partial charge >= 0.3 is 0 Å². The van der Waals surface area contributed by atoms with Crippen LogP contribution in [-0.4, -0.2) is 32.2 Å². The second kappa shape index (κ2) is 6.40. The Morgan fingerprint density at radius 3 is 2.37 bits per heavy atom. The number of hydrazine groups is 1. The second-order valence-corrected chi connectivity index (χ2v) is 4.38. The van der Waals surface area contributed by atoms with Crippen molar-refractivity contribution in [3.05, 3.63) is 23.3 Å². The van der Waals surface area contributed by atoms with E-state index in [-0.39, 0.29) is 12.3 Å². The van der Waals surface area contributed by atoms with Gasteiger partial charge in [-0.3, -0.25) is 9.80 Å². The van der Waals surface area contributed by atoms with E-state index in [4.69, 9.17) is 21.1 Å². The molecule has 0 aromatic heterocycles. The van der Waals surface area contributed by atoms with Gasteiger partial charge < -0.3 is 15.2 Å². The Morgan fingerprint density at radius 1 is 1.32 bits per heavy atom. The zero-order valence-electron chi connectivity index (χ0n) is 11.8. The molecule has 19 heavy (non-hydrogen) atoms. The first-order valence-corrected chi connectivity index (χ1v) is 5.90. The molecule has 1 unspecified atom stereocenters. The summed E-state index contributed by atoms with van der Waals surface area (Å²) in [5, 5.41) is 1.03. The summed E-state index contributed by atoms with van der Waals surface area (Å²) in [5.41, 5.74) is 7.71. The van der Waals surface area contributed by atoms with Crippen LogP contribution in [0, 0.1) is 6.92 Å². The van der Waals surface area contributed by atoms with Crippen molar-refractivity contribution in [2.75, 3.05) is 21.3 Å². The monoisotopic (exact) mass is 267 g/mol. The van der Waals surface area contributed by atoms with Crippen LogP contribution in [0.2, 0.25) is 0 Å². The average Bonchev–Trinajstić information content (AvgIpc) is 2.37. The lowest BCUT2D eigenvalue weighted by Gasteiger charge is -2.19. The zero-order chi connectivity index (χ0) is 14.6. The fraction of sp³-hybridized carbons (Fsp3) is 0.462. The molecule has 6 heteroatoms. The first-order chi connectivity index (χ1) is 8.90. The molecule has 1 atom stereocenters. The molecule has 0 aliphatic heterocycles. The smallest absolute Gasteiger partial charge is 0.238 e. The van der Waals surface area contributed by atoms with E-state index >= 15 is 0 Å². The SMILES string of the molecule is COc1cc(C(N)CC(=O)N(C)N)c(OC)cc1C. The molecule has 0 fully saturated rings. The van der Waals surface area contributed by atoms with E-state index < -0.39 is 6.04 Å². The molecule has 106 valence electrons. The number of rotatable bonds is 5. The Hall–Kier alpha value is -1.79. The van der Waals surface area contributed by atoms with Gasteiger partial charge in [0.1, 0.15) is 11.5 Å². The summed E-state index contributed by atoms with van der Waals surface area (Å²) in [4.78, 5) is 11.6. The highest BCUT2D eigenvalue weighted by molar-refractivity contribution is 5.76. The van der Waals surface area contributed by atoms with Gasteiger partial charge in [0.15, 0.2) is 0 Å². The Kier molecular flexibility index (Phi) is 5.14. The predicted molar refractivity (Wildman–Crippen MR) is 72.8 cm³/mol. The molecule has 0 heterocycles. The summed E-state index contributed by atoms with van der Waals surface area (Å²) >= 11 is 0.